The number of hydrogen-bond acceptors (Lipinski definition) is 7. The lowest BCUT2D eigenvalue weighted by molar-refractivity contribution is -0.133. The minimum absolute atomic E-state index is 0.0120. The van der Waals surface area contributed by atoms with Gasteiger partial charge in [0.05, 0.1) is 24.2 Å². The van der Waals surface area contributed by atoms with Gasteiger partial charge in [-0.3, -0.25) is 14.6 Å². The van der Waals surface area contributed by atoms with Gasteiger partial charge in [-0.05, 0) is 42.0 Å². The second kappa shape index (κ2) is 12.2. The number of anilines is 1. The van der Waals surface area contributed by atoms with Crippen LogP contribution in [-0.4, -0.2) is 37.2 Å². The van der Waals surface area contributed by atoms with Crippen molar-refractivity contribution in [2.45, 2.75) is 13.3 Å². The van der Waals surface area contributed by atoms with Gasteiger partial charge in [0.15, 0.2) is 0 Å². The van der Waals surface area contributed by atoms with E-state index in [2.05, 4.69) is 10.3 Å². The number of carbonyl (C=O) groups is 2. The number of pyridine rings is 1. The molecule has 0 unspecified atom stereocenters. The Kier molecular flexibility index (Phi) is 8.56. The van der Waals surface area contributed by atoms with Gasteiger partial charge in [-0.1, -0.05) is 35.9 Å². The van der Waals surface area contributed by atoms with E-state index in [1.54, 1.807) is 74.0 Å². The molecule has 4 aromatic rings. The second-order valence-electron chi connectivity index (χ2n) is 8.02. The molecule has 0 bridgehead atoms. The molecule has 8 nitrogen and oxygen atoms in total. The molecule has 3 aromatic carbocycles. The van der Waals surface area contributed by atoms with Crippen LogP contribution in [0.5, 0.6) is 23.0 Å². The molecule has 0 aliphatic heterocycles. The van der Waals surface area contributed by atoms with E-state index in [9.17, 15) is 9.59 Å². The topological polar surface area (TPSA) is 96.0 Å². The SMILES string of the molecule is COCCOc1cc2nccc(Oc3ccc(CC(=O)Oc4ccccc4)c(Cl)c3)c2cc1NC(C)=O. The molecule has 9 heteroatoms. The summed E-state index contributed by atoms with van der Waals surface area (Å²) in [5.41, 5.74) is 1.71. The Morgan fingerprint density at radius 3 is 2.49 bits per heavy atom. The molecule has 1 heterocycles. The quantitative estimate of drug-likeness (QED) is 0.160. The average molecular weight is 521 g/mol. The van der Waals surface area contributed by atoms with Crippen molar-refractivity contribution in [3.05, 3.63) is 83.5 Å². The predicted molar refractivity (Wildman–Crippen MR) is 141 cm³/mol. The van der Waals surface area contributed by atoms with E-state index in [1.807, 2.05) is 6.07 Å². The lowest BCUT2D eigenvalue weighted by Crippen LogP contribution is -2.11. The van der Waals surface area contributed by atoms with Crippen LogP contribution in [0.1, 0.15) is 12.5 Å². The molecule has 190 valence electrons. The van der Waals surface area contributed by atoms with Crippen molar-refractivity contribution in [1.29, 1.82) is 0 Å². The number of rotatable bonds is 10. The number of para-hydroxylation sites is 1. The second-order valence-corrected chi connectivity index (χ2v) is 8.42. The number of aromatic nitrogens is 1. The van der Waals surface area contributed by atoms with Crippen molar-refractivity contribution in [2.75, 3.05) is 25.6 Å². The first-order valence-electron chi connectivity index (χ1n) is 11.5. The summed E-state index contributed by atoms with van der Waals surface area (Å²) in [5.74, 6) is 1.26. The number of nitrogens with one attached hydrogen (secondary N) is 1. The maximum atomic E-state index is 12.3. The monoisotopic (exact) mass is 520 g/mol. The number of halogens is 1. The Bertz CT molecular complexity index is 1410. The van der Waals surface area contributed by atoms with Crippen molar-refractivity contribution >= 4 is 40.1 Å². The lowest BCUT2D eigenvalue weighted by atomic mass is 10.1. The smallest absolute Gasteiger partial charge is 0.315 e. The lowest BCUT2D eigenvalue weighted by Gasteiger charge is -2.15. The fourth-order valence-electron chi connectivity index (χ4n) is 3.55. The van der Waals surface area contributed by atoms with E-state index in [0.29, 0.717) is 63.4 Å². The third kappa shape index (κ3) is 6.97. The standard InChI is InChI=1S/C28H25ClN2O6/c1-18(32)31-25-16-22-24(17-27(25)35-13-12-34-2)30-11-10-26(22)36-21-9-8-19(23(29)15-21)14-28(33)37-20-6-4-3-5-7-20/h3-11,15-17H,12-14H2,1-2H3,(H,31,32). The van der Waals surface area contributed by atoms with Crippen LogP contribution >= 0.6 is 11.6 Å². The van der Waals surface area contributed by atoms with Gasteiger partial charge in [-0.2, -0.15) is 0 Å². The minimum atomic E-state index is -0.420. The van der Waals surface area contributed by atoms with Crippen LogP contribution in [0.15, 0.2) is 72.9 Å². The van der Waals surface area contributed by atoms with Gasteiger partial charge < -0.3 is 24.3 Å². The zero-order valence-electron chi connectivity index (χ0n) is 20.3. The highest BCUT2D eigenvalue weighted by Gasteiger charge is 2.14. The van der Waals surface area contributed by atoms with Crippen LogP contribution in [0.3, 0.4) is 0 Å². The summed E-state index contributed by atoms with van der Waals surface area (Å²) in [6.45, 7) is 2.13. The predicted octanol–water partition coefficient (Wildman–Crippen LogP) is 5.81. The number of benzene rings is 3. The van der Waals surface area contributed by atoms with Crippen LogP contribution in [0.2, 0.25) is 5.02 Å². The van der Waals surface area contributed by atoms with E-state index in [0.717, 1.165) is 0 Å². The Labute approximate surface area is 219 Å². The highest BCUT2D eigenvalue weighted by molar-refractivity contribution is 6.31. The zero-order valence-corrected chi connectivity index (χ0v) is 21.1. The summed E-state index contributed by atoms with van der Waals surface area (Å²) >= 11 is 6.45. The maximum absolute atomic E-state index is 12.3. The molecule has 0 atom stereocenters. The van der Waals surface area contributed by atoms with Gasteiger partial charge in [0.2, 0.25) is 5.91 Å². The molecule has 0 saturated heterocycles. The molecular weight excluding hydrogens is 496 g/mol. The number of esters is 1. The van der Waals surface area contributed by atoms with Gasteiger partial charge in [0.1, 0.15) is 29.6 Å². The van der Waals surface area contributed by atoms with Gasteiger partial charge in [-0.15, -0.1) is 0 Å². The summed E-state index contributed by atoms with van der Waals surface area (Å²) in [7, 11) is 1.58. The van der Waals surface area contributed by atoms with Crippen LogP contribution in [0, 0.1) is 0 Å². The Balaban J connectivity index is 1.54. The number of fused-ring (bicyclic) bond motifs is 1. The van der Waals surface area contributed by atoms with Crippen LogP contribution in [0.25, 0.3) is 10.9 Å². The van der Waals surface area contributed by atoms with Crippen molar-refractivity contribution in [1.82, 2.24) is 4.98 Å². The number of methoxy groups -OCH3 is 1. The van der Waals surface area contributed by atoms with Gasteiger partial charge >= 0.3 is 5.97 Å². The number of hydrogen-bond donors (Lipinski definition) is 1. The molecule has 1 N–H and O–H groups in total. The fraction of sp³-hybridized carbons (Fsp3) is 0.179. The summed E-state index contributed by atoms with van der Waals surface area (Å²) in [4.78, 5) is 28.5. The molecule has 0 aliphatic carbocycles. The third-order valence-corrected chi connectivity index (χ3v) is 5.57. The van der Waals surface area contributed by atoms with Gasteiger partial charge in [0.25, 0.3) is 0 Å². The normalized spacial score (nSPS) is 10.7. The first-order chi connectivity index (χ1) is 17.9. The maximum Gasteiger partial charge on any atom is 0.315 e. The molecule has 0 fully saturated rings. The fourth-order valence-corrected chi connectivity index (χ4v) is 3.79. The average Bonchev–Trinajstić information content (AvgIpc) is 2.87. The van der Waals surface area contributed by atoms with Gasteiger partial charge in [-0.25, -0.2) is 0 Å². The third-order valence-electron chi connectivity index (χ3n) is 5.22. The summed E-state index contributed by atoms with van der Waals surface area (Å²) < 4.78 is 22.3. The van der Waals surface area contributed by atoms with E-state index >= 15 is 0 Å². The molecule has 37 heavy (non-hydrogen) atoms. The number of carbonyl (C=O) groups excluding carboxylic acids is 2. The summed E-state index contributed by atoms with van der Waals surface area (Å²) in [6, 6.07) is 19.1. The molecule has 1 amide bonds. The Morgan fingerprint density at radius 1 is 0.946 bits per heavy atom. The van der Waals surface area contributed by atoms with Crippen LogP contribution in [0.4, 0.5) is 5.69 Å². The number of amides is 1. The minimum Gasteiger partial charge on any atom is -0.489 e. The van der Waals surface area contributed by atoms with Crippen LogP contribution in [-0.2, 0) is 20.7 Å². The number of ether oxygens (including phenoxy) is 4. The molecule has 4 rings (SSSR count). The molecule has 0 spiro atoms. The molecular formula is C28H25ClN2O6. The first-order valence-corrected chi connectivity index (χ1v) is 11.8. The van der Waals surface area contributed by atoms with Crippen LogP contribution < -0.4 is 19.5 Å². The Morgan fingerprint density at radius 2 is 1.76 bits per heavy atom. The first kappa shape index (κ1) is 25.9. The highest BCUT2D eigenvalue weighted by Crippen LogP contribution is 2.36. The van der Waals surface area contributed by atoms with Crippen molar-refractivity contribution in [2.24, 2.45) is 0 Å². The number of nitrogens with zero attached hydrogens (tertiary/aromatic N) is 1. The van der Waals surface area contributed by atoms with E-state index in [1.165, 1.54) is 6.92 Å². The van der Waals surface area contributed by atoms with E-state index in [4.69, 9.17) is 30.5 Å². The molecule has 1 aromatic heterocycles. The summed E-state index contributed by atoms with van der Waals surface area (Å²) in [6.07, 6.45) is 1.63. The molecule has 0 saturated carbocycles. The van der Waals surface area contributed by atoms with E-state index in [-0.39, 0.29) is 12.3 Å². The van der Waals surface area contributed by atoms with Crippen molar-refractivity contribution in [3.63, 3.8) is 0 Å². The zero-order chi connectivity index (χ0) is 26.2. The van der Waals surface area contributed by atoms with E-state index < -0.39 is 5.97 Å². The summed E-state index contributed by atoms with van der Waals surface area (Å²) in [5, 5.41) is 3.82. The molecule has 0 radical (unpaired) electrons. The highest BCUT2D eigenvalue weighted by atomic mass is 35.5. The largest absolute Gasteiger partial charge is 0.489 e. The van der Waals surface area contributed by atoms with Crippen molar-refractivity contribution in [3.8, 4) is 23.0 Å². The molecule has 0 aliphatic rings. The Hall–Kier alpha value is -4.14. The van der Waals surface area contributed by atoms with Crippen molar-refractivity contribution < 1.29 is 28.5 Å². The van der Waals surface area contributed by atoms with Gasteiger partial charge in [0, 0.05) is 36.7 Å².